The largest absolute Gasteiger partial charge is 0.481 e. The summed E-state index contributed by atoms with van der Waals surface area (Å²) < 4.78 is 5.64. The molecule has 0 spiro atoms. The zero-order valence-electron chi connectivity index (χ0n) is 10.3. The second-order valence-electron chi connectivity index (χ2n) is 5.10. The number of unbranched alkanes of at least 4 members (excludes halogenated alkanes) is 1. The lowest BCUT2D eigenvalue weighted by Gasteiger charge is -2.36. The van der Waals surface area contributed by atoms with Gasteiger partial charge in [-0.15, -0.1) is 0 Å². The van der Waals surface area contributed by atoms with E-state index in [0.717, 1.165) is 38.8 Å². The molecule has 16 heavy (non-hydrogen) atoms. The normalized spacial score (nSPS) is 24.2. The maximum Gasteiger partial charge on any atom is 0.303 e. The number of hydrogen-bond donors (Lipinski definition) is 2. The van der Waals surface area contributed by atoms with Gasteiger partial charge in [0.2, 0.25) is 0 Å². The molecule has 4 heteroatoms. The van der Waals surface area contributed by atoms with Gasteiger partial charge in [-0.3, -0.25) is 4.79 Å². The molecule has 1 saturated heterocycles. The van der Waals surface area contributed by atoms with E-state index in [1.165, 1.54) is 0 Å². The Bertz CT molecular complexity index is 228. The first kappa shape index (κ1) is 13.5. The van der Waals surface area contributed by atoms with E-state index in [4.69, 9.17) is 9.84 Å². The van der Waals surface area contributed by atoms with Gasteiger partial charge in [0.05, 0.1) is 5.60 Å². The van der Waals surface area contributed by atoms with Gasteiger partial charge in [0.15, 0.2) is 0 Å². The molecule has 0 amide bonds. The lowest BCUT2D eigenvalue weighted by atomic mass is 9.94. The van der Waals surface area contributed by atoms with E-state index in [0.29, 0.717) is 6.04 Å². The van der Waals surface area contributed by atoms with Crippen LogP contribution in [-0.4, -0.2) is 35.9 Å². The van der Waals surface area contributed by atoms with Crippen LogP contribution in [0, 0.1) is 0 Å². The van der Waals surface area contributed by atoms with Crippen LogP contribution >= 0.6 is 0 Å². The molecule has 0 aromatic rings. The van der Waals surface area contributed by atoms with Crippen LogP contribution in [-0.2, 0) is 9.53 Å². The summed E-state index contributed by atoms with van der Waals surface area (Å²) in [6, 6.07) is 0.522. The first-order chi connectivity index (χ1) is 7.49. The fourth-order valence-electron chi connectivity index (χ4n) is 2.11. The maximum absolute atomic E-state index is 10.3. The topological polar surface area (TPSA) is 58.6 Å². The summed E-state index contributed by atoms with van der Waals surface area (Å²) in [6.07, 6.45) is 4.06. The lowest BCUT2D eigenvalue weighted by molar-refractivity contribution is -0.137. The van der Waals surface area contributed by atoms with Gasteiger partial charge in [0.1, 0.15) is 0 Å². The number of carboxylic acids is 1. The monoisotopic (exact) mass is 229 g/mol. The molecule has 1 atom stereocenters. The van der Waals surface area contributed by atoms with Crippen LogP contribution in [0.1, 0.15) is 46.0 Å². The van der Waals surface area contributed by atoms with E-state index < -0.39 is 5.97 Å². The molecule has 4 nitrogen and oxygen atoms in total. The summed E-state index contributed by atoms with van der Waals surface area (Å²) in [5.74, 6) is -0.702. The third-order valence-corrected chi connectivity index (χ3v) is 2.95. The van der Waals surface area contributed by atoms with Crippen molar-refractivity contribution < 1.29 is 14.6 Å². The van der Waals surface area contributed by atoms with Gasteiger partial charge in [-0.05, 0) is 46.1 Å². The van der Waals surface area contributed by atoms with Gasteiger partial charge in [-0.25, -0.2) is 0 Å². The number of rotatable bonds is 6. The van der Waals surface area contributed by atoms with E-state index in [1.54, 1.807) is 0 Å². The summed E-state index contributed by atoms with van der Waals surface area (Å²) in [5.41, 5.74) is -0.0169. The van der Waals surface area contributed by atoms with Crippen LogP contribution < -0.4 is 5.32 Å². The summed E-state index contributed by atoms with van der Waals surface area (Å²) in [7, 11) is 0. The Morgan fingerprint density at radius 1 is 1.50 bits per heavy atom. The highest BCUT2D eigenvalue weighted by Crippen LogP contribution is 2.23. The van der Waals surface area contributed by atoms with Crippen LogP contribution in [0.15, 0.2) is 0 Å². The summed E-state index contributed by atoms with van der Waals surface area (Å²) >= 11 is 0. The average Bonchev–Trinajstić information content (AvgIpc) is 2.15. The van der Waals surface area contributed by atoms with Crippen LogP contribution in [0.25, 0.3) is 0 Å². The van der Waals surface area contributed by atoms with Crippen molar-refractivity contribution in [2.75, 3.05) is 13.2 Å². The highest BCUT2D eigenvalue weighted by Gasteiger charge is 2.28. The quantitative estimate of drug-likeness (QED) is 0.682. The zero-order valence-corrected chi connectivity index (χ0v) is 10.3. The van der Waals surface area contributed by atoms with Crippen LogP contribution in [0.4, 0.5) is 0 Å². The molecule has 1 heterocycles. The molecule has 1 fully saturated rings. The van der Waals surface area contributed by atoms with Crippen molar-refractivity contribution in [3.8, 4) is 0 Å². The summed E-state index contributed by atoms with van der Waals surface area (Å²) in [4.78, 5) is 10.3. The minimum absolute atomic E-state index is 0.0169. The Morgan fingerprint density at radius 3 is 2.88 bits per heavy atom. The number of hydrogen-bond acceptors (Lipinski definition) is 3. The van der Waals surface area contributed by atoms with E-state index >= 15 is 0 Å². The average molecular weight is 229 g/mol. The number of carbonyl (C=O) groups is 1. The minimum atomic E-state index is -0.702. The molecule has 0 saturated carbocycles. The summed E-state index contributed by atoms with van der Waals surface area (Å²) in [6.45, 7) is 5.96. The fraction of sp³-hybridized carbons (Fsp3) is 0.917. The summed E-state index contributed by atoms with van der Waals surface area (Å²) in [5, 5.41) is 12.0. The Kier molecular flexibility index (Phi) is 5.22. The minimum Gasteiger partial charge on any atom is -0.481 e. The third kappa shape index (κ3) is 5.47. The number of nitrogens with one attached hydrogen (secondary N) is 1. The first-order valence-corrected chi connectivity index (χ1v) is 6.09. The Morgan fingerprint density at radius 2 is 2.25 bits per heavy atom. The van der Waals surface area contributed by atoms with E-state index in [2.05, 4.69) is 19.2 Å². The molecule has 1 aliphatic heterocycles. The smallest absolute Gasteiger partial charge is 0.303 e. The number of carboxylic acid groups (broad SMARTS) is 1. The van der Waals surface area contributed by atoms with Gasteiger partial charge in [-0.1, -0.05) is 0 Å². The molecule has 0 aromatic carbocycles. The second kappa shape index (κ2) is 6.21. The van der Waals surface area contributed by atoms with Gasteiger partial charge in [0, 0.05) is 19.1 Å². The molecule has 0 aromatic heterocycles. The standard InChI is InChI=1S/C12H23NO3/c1-12(2)9-10(6-8-16-12)13-7-4-3-5-11(14)15/h10,13H,3-9H2,1-2H3,(H,14,15). The predicted molar refractivity (Wildman–Crippen MR) is 62.5 cm³/mol. The van der Waals surface area contributed by atoms with Crippen molar-refractivity contribution in [1.29, 1.82) is 0 Å². The van der Waals surface area contributed by atoms with Gasteiger partial charge < -0.3 is 15.2 Å². The fourth-order valence-corrected chi connectivity index (χ4v) is 2.11. The van der Waals surface area contributed by atoms with E-state index in [9.17, 15) is 4.79 Å². The highest BCUT2D eigenvalue weighted by molar-refractivity contribution is 5.66. The Labute approximate surface area is 97.4 Å². The molecule has 1 rings (SSSR count). The molecule has 0 aliphatic carbocycles. The highest BCUT2D eigenvalue weighted by atomic mass is 16.5. The van der Waals surface area contributed by atoms with Gasteiger partial charge in [0.25, 0.3) is 0 Å². The van der Waals surface area contributed by atoms with Crippen molar-refractivity contribution >= 4 is 5.97 Å². The van der Waals surface area contributed by atoms with Crippen molar-refractivity contribution in [2.24, 2.45) is 0 Å². The zero-order chi connectivity index (χ0) is 12.0. The molecule has 0 bridgehead atoms. The van der Waals surface area contributed by atoms with Gasteiger partial charge >= 0.3 is 5.97 Å². The van der Waals surface area contributed by atoms with Crippen molar-refractivity contribution in [1.82, 2.24) is 5.32 Å². The number of ether oxygens (including phenoxy) is 1. The predicted octanol–water partition coefficient (Wildman–Crippen LogP) is 1.79. The van der Waals surface area contributed by atoms with E-state index in [-0.39, 0.29) is 12.0 Å². The van der Waals surface area contributed by atoms with Crippen molar-refractivity contribution in [2.45, 2.75) is 57.6 Å². The van der Waals surface area contributed by atoms with Crippen LogP contribution in [0.2, 0.25) is 0 Å². The lowest BCUT2D eigenvalue weighted by Crippen LogP contribution is -2.43. The maximum atomic E-state index is 10.3. The third-order valence-electron chi connectivity index (χ3n) is 2.95. The van der Waals surface area contributed by atoms with Crippen molar-refractivity contribution in [3.05, 3.63) is 0 Å². The Balaban J connectivity index is 2.06. The first-order valence-electron chi connectivity index (χ1n) is 6.09. The van der Waals surface area contributed by atoms with Crippen molar-refractivity contribution in [3.63, 3.8) is 0 Å². The number of aliphatic carboxylic acids is 1. The molecule has 2 N–H and O–H groups in total. The van der Waals surface area contributed by atoms with Gasteiger partial charge in [-0.2, -0.15) is 0 Å². The molecule has 0 radical (unpaired) electrons. The SMILES string of the molecule is CC1(C)CC(NCCCCC(=O)O)CCO1. The van der Waals surface area contributed by atoms with Crippen LogP contribution in [0.3, 0.4) is 0 Å². The second-order valence-corrected chi connectivity index (χ2v) is 5.10. The molecule has 1 aliphatic rings. The van der Waals surface area contributed by atoms with Crippen LogP contribution in [0.5, 0.6) is 0 Å². The molecular weight excluding hydrogens is 206 g/mol. The molecular formula is C12H23NO3. The Hall–Kier alpha value is -0.610. The molecule has 94 valence electrons. The van der Waals surface area contributed by atoms with E-state index in [1.807, 2.05) is 0 Å². The molecule has 1 unspecified atom stereocenters.